The van der Waals surface area contributed by atoms with Gasteiger partial charge in [0.25, 0.3) is 0 Å². The standard InChI is InChI=1S/C50H35NSi/c1-4-18-34(19-5-1)52(35-20-6-2-7-21-35,36-22-8-3-9-23-36)46-33-17-29-42-47-39-26-10-11-27-40(39)50(49(42)46)48-41(47)28-16-32-45(48)51-43-30-14-12-24-37(43)38-25-13-15-31-44(38)51/h1-33,47,50H/i1D,4D,5D,18D,19D. The molecule has 9 aromatic rings. The van der Waals surface area contributed by atoms with E-state index in [0.717, 1.165) is 32.3 Å². The molecule has 8 aromatic carbocycles. The summed E-state index contributed by atoms with van der Waals surface area (Å²) in [6, 6.07) is 58.6. The second-order valence-corrected chi connectivity index (χ2v) is 17.6. The fourth-order valence-corrected chi connectivity index (χ4v) is 14.4. The van der Waals surface area contributed by atoms with E-state index < -0.39 is 8.07 Å². The number of para-hydroxylation sites is 2. The van der Waals surface area contributed by atoms with Crippen LogP contribution in [0.15, 0.2) is 200 Å². The SMILES string of the molecule is [2H]c1c([2H])c([2H])c([Si](c2ccccc2)(c2ccccc2)c2cccc3c2C2c4ccccc4C3c3cccc(-n4c5ccccc5c5ccccc54)c32)c([2H])c1[2H]. The monoisotopic (exact) mass is 682 g/mol. The Kier molecular flexibility index (Phi) is 5.45. The normalized spacial score (nSPS) is 17.0. The lowest BCUT2D eigenvalue weighted by Gasteiger charge is -2.46. The van der Waals surface area contributed by atoms with Crippen molar-refractivity contribution in [3.63, 3.8) is 0 Å². The zero-order valence-electron chi connectivity index (χ0n) is 33.3. The highest BCUT2D eigenvalue weighted by Crippen LogP contribution is 2.57. The van der Waals surface area contributed by atoms with E-state index in [1.54, 1.807) is 0 Å². The Labute approximate surface area is 312 Å². The van der Waals surface area contributed by atoms with Crippen LogP contribution < -0.4 is 20.7 Å². The molecule has 0 saturated heterocycles. The predicted molar refractivity (Wildman–Crippen MR) is 219 cm³/mol. The highest BCUT2D eigenvalue weighted by atomic mass is 28.3. The molecule has 2 bridgehead atoms. The van der Waals surface area contributed by atoms with E-state index in [1.165, 1.54) is 44.2 Å². The van der Waals surface area contributed by atoms with Gasteiger partial charge in [0.1, 0.15) is 0 Å². The molecule has 2 atom stereocenters. The summed E-state index contributed by atoms with van der Waals surface area (Å²) in [5.74, 6) is -0.268. The minimum atomic E-state index is -3.71. The summed E-state index contributed by atoms with van der Waals surface area (Å²) in [5, 5.41) is 5.76. The fourth-order valence-electron chi connectivity index (χ4n) is 9.71. The third-order valence-corrected chi connectivity index (χ3v) is 16.2. The number of hydrogen-bond acceptors (Lipinski definition) is 0. The third-order valence-electron chi connectivity index (χ3n) is 11.6. The van der Waals surface area contributed by atoms with Gasteiger partial charge < -0.3 is 4.57 Å². The van der Waals surface area contributed by atoms with Gasteiger partial charge >= 0.3 is 0 Å². The first kappa shape index (κ1) is 24.8. The maximum Gasteiger partial charge on any atom is 0.179 e. The molecule has 0 aliphatic heterocycles. The van der Waals surface area contributed by atoms with E-state index >= 15 is 0 Å². The molecule has 0 N–H and O–H groups in total. The molecule has 0 radical (unpaired) electrons. The molecule has 2 heteroatoms. The van der Waals surface area contributed by atoms with Gasteiger partial charge in [-0.25, -0.2) is 0 Å². The molecular weight excluding hydrogens is 643 g/mol. The Balaban J connectivity index is 1.32. The fraction of sp³-hybridized carbons (Fsp3) is 0.0400. The Bertz CT molecular complexity index is 2980. The van der Waals surface area contributed by atoms with E-state index in [1.807, 2.05) is 36.4 Å². The van der Waals surface area contributed by atoms with E-state index in [4.69, 9.17) is 4.11 Å². The molecule has 52 heavy (non-hydrogen) atoms. The quantitative estimate of drug-likeness (QED) is 0.126. The van der Waals surface area contributed by atoms with Gasteiger partial charge in [-0.3, -0.25) is 0 Å². The van der Waals surface area contributed by atoms with Crippen LogP contribution in [-0.4, -0.2) is 12.6 Å². The van der Waals surface area contributed by atoms with Gasteiger partial charge in [0, 0.05) is 22.6 Å². The molecule has 1 nitrogen and oxygen atoms in total. The first-order valence-electron chi connectivity index (χ1n) is 20.4. The number of nitrogens with zero attached hydrogens (tertiary/aromatic N) is 1. The average Bonchev–Trinajstić information content (AvgIpc) is 3.61. The maximum absolute atomic E-state index is 9.66. The van der Waals surface area contributed by atoms with E-state index in [-0.39, 0.29) is 42.0 Å². The highest BCUT2D eigenvalue weighted by Gasteiger charge is 2.49. The summed E-state index contributed by atoms with van der Waals surface area (Å²) in [7, 11) is -3.71. The summed E-state index contributed by atoms with van der Waals surface area (Å²) in [6.07, 6.45) is 0. The van der Waals surface area contributed by atoms with Gasteiger partial charge in [0.15, 0.2) is 8.07 Å². The molecule has 1 heterocycles. The van der Waals surface area contributed by atoms with Crippen LogP contribution in [0.5, 0.6) is 0 Å². The summed E-state index contributed by atoms with van der Waals surface area (Å²) < 4.78 is 48.4. The van der Waals surface area contributed by atoms with Gasteiger partial charge in [-0.05, 0) is 72.3 Å². The van der Waals surface area contributed by atoms with E-state index in [2.05, 4.69) is 138 Å². The predicted octanol–water partition coefficient (Wildman–Crippen LogP) is 9.15. The van der Waals surface area contributed by atoms with Crippen molar-refractivity contribution in [3.05, 3.63) is 233 Å². The Morgan fingerprint density at radius 3 is 1.54 bits per heavy atom. The van der Waals surface area contributed by atoms with Crippen molar-refractivity contribution in [2.75, 3.05) is 0 Å². The van der Waals surface area contributed by atoms with Crippen LogP contribution >= 0.6 is 0 Å². The van der Waals surface area contributed by atoms with Gasteiger partial charge in [0.05, 0.1) is 23.6 Å². The molecule has 0 saturated carbocycles. The molecular formula is C50H35NSi. The van der Waals surface area contributed by atoms with Crippen molar-refractivity contribution >= 4 is 50.6 Å². The minimum absolute atomic E-state index is 0.0672. The lowest BCUT2D eigenvalue weighted by molar-refractivity contribution is 0.752. The number of fused-ring (bicyclic) bond motifs is 3. The smallest absolute Gasteiger partial charge is 0.179 e. The number of hydrogen-bond donors (Lipinski definition) is 0. The van der Waals surface area contributed by atoms with Crippen LogP contribution in [0.2, 0.25) is 0 Å². The second-order valence-electron chi connectivity index (χ2n) is 13.9. The minimum Gasteiger partial charge on any atom is -0.309 e. The molecule has 12 rings (SSSR count). The van der Waals surface area contributed by atoms with Crippen LogP contribution in [0.25, 0.3) is 27.5 Å². The largest absolute Gasteiger partial charge is 0.309 e. The topological polar surface area (TPSA) is 4.93 Å². The van der Waals surface area contributed by atoms with E-state index in [9.17, 15) is 2.74 Å². The zero-order chi connectivity index (χ0) is 38.6. The molecule has 244 valence electrons. The third kappa shape index (κ3) is 3.93. The molecule has 0 amide bonds. The van der Waals surface area contributed by atoms with Gasteiger partial charge in [-0.1, -0.05) is 182 Å². The number of benzene rings is 8. The van der Waals surface area contributed by atoms with Crippen molar-refractivity contribution in [1.29, 1.82) is 0 Å². The second kappa shape index (κ2) is 11.4. The van der Waals surface area contributed by atoms with Crippen LogP contribution in [0.4, 0.5) is 0 Å². The maximum atomic E-state index is 9.66. The van der Waals surface area contributed by atoms with Crippen LogP contribution in [0.3, 0.4) is 0 Å². The van der Waals surface area contributed by atoms with Crippen LogP contribution in [0, 0.1) is 0 Å². The zero-order valence-corrected chi connectivity index (χ0v) is 29.3. The average molecular weight is 683 g/mol. The number of aromatic nitrogens is 1. The van der Waals surface area contributed by atoms with Gasteiger partial charge in [-0.2, -0.15) is 0 Å². The van der Waals surface area contributed by atoms with Crippen molar-refractivity contribution < 1.29 is 6.85 Å². The molecule has 3 aliphatic carbocycles. The molecule has 3 aliphatic rings. The first-order chi connectivity index (χ1) is 27.9. The summed E-state index contributed by atoms with van der Waals surface area (Å²) in [5.41, 5.74) is 10.9. The van der Waals surface area contributed by atoms with Crippen molar-refractivity contribution in [2.24, 2.45) is 0 Å². The van der Waals surface area contributed by atoms with Crippen molar-refractivity contribution in [2.45, 2.75) is 11.8 Å². The molecule has 0 fully saturated rings. The summed E-state index contributed by atoms with van der Waals surface area (Å²) >= 11 is 0. The van der Waals surface area contributed by atoms with Crippen molar-refractivity contribution in [1.82, 2.24) is 4.57 Å². The van der Waals surface area contributed by atoms with Gasteiger partial charge in [-0.15, -0.1) is 0 Å². The lowest BCUT2D eigenvalue weighted by Crippen LogP contribution is -2.75. The lowest BCUT2D eigenvalue weighted by atomic mass is 9.60. The van der Waals surface area contributed by atoms with Crippen LogP contribution in [-0.2, 0) is 0 Å². The summed E-state index contributed by atoms with van der Waals surface area (Å²) in [6.45, 7) is 0. The Morgan fingerprint density at radius 2 is 0.904 bits per heavy atom. The Hall–Kier alpha value is -6.22. The Morgan fingerprint density at radius 1 is 0.404 bits per heavy atom. The molecule has 1 aromatic heterocycles. The van der Waals surface area contributed by atoms with Gasteiger partial charge in [0.2, 0.25) is 0 Å². The van der Waals surface area contributed by atoms with E-state index in [0.29, 0.717) is 5.19 Å². The highest BCUT2D eigenvalue weighted by molar-refractivity contribution is 7.20. The molecule has 2 unspecified atom stereocenters. The summed E-state index contributed by atoms with van der Waals surface area (Å²) in [4.78, 5) is 0. The first-order valence-corrected chi connectivity index (χ1v) is 19.9. The molecule has 0 spiro atoms. The number of rotatable bonds is 5. The van der Waals surface area contributed by atoms with Crippen LogP contribution in [0.1, 0.15) is 52.1 Å². The van der Waals surface area contributed by atoms with Crippen molar-refractivity contribution in [3.8, 4) is 5.69 Å².